The largest absolute Gasteiger partial charge is 0.379 e. The van der Waals surface area contributed by atoms with E-state index in [-0.39, 0.29) is 22.2 Å². The molecule has 0 saturated carbocycles. The molecule has 0 N–H and O–H groups in total. The van der Waals surface area contributed by atoms with Crippen molar-refractivity contribution < 1.29 is 22.2 Å². The first-order valence-electron chi connectivity index (χ1n) is 12.3. The summed E-state index contributed by atoms with van der Waals surface area (Å²) in [5.74, 6) is -0.503. The zero-order chi connectivity index (χ0) is 25.6. The predicted molar refractivity (Wildman–Crippen MR) is 140 cm³/mol. The molecule has 8 heteroatoms. The van der Waals surface area contributed by atoms with Gasteiger partial charge in [-0.2, -0.15) is 8.42 Å². The van der Waals surface area contributed by atoms with Crippen molar-refractivity contribution in [3.63, 3.8) is 0 Å². The third-order valence-corrected chi connectivity index (χ3v) is 8.94. The number of aryl methyl sites for hydroxylation is 1. The lowest BCUT2D eigenvalue weighted by molar-refractivity contribution is -0.117. The molecule has 188 valence electrons. The van der Waals surface area contributed by atoms with Crippen molar-refractivity contribution in [2.75, 3.05) is 6.54 Å². The lowest BCUT2D eigenvalue weighted by Crippen LogP contribution is -2.39. The van der Waals surface area contributed by atoms with Crippen LogP contribution < -0.4 is 4.18 Å². The molecular weight excluding hydrogens is 542 g/mol. The van der Waals surface area contributed by atoms with E-state index in [1.54, 1.807) is 30.3 Å². The second-order valence-corrected chi connectivity index (χ2v) is 11.9. The number of nitrogens with zero attached hydrogens (tertiary/aromatic N) is 1. The molecule has 6 nitrogen and oxygen atoms in total. The van der Waals surface area contributed by atoms with E-state index in [9.17, 15) is 18.0 Å². The van der Waals surface area contributed by atoms with Gasteiger partial charge in [-0.15, -0.1) is 0 Å². The van der Waals surface area contributed by atoms with E-state index in [1.165, 1.54) is 12.1 Å². The van der Waals surface area contributed by atoms with Gasteiger partial charge in [0.05, 0.1) is 0 Å². The quantitative estimate of drug-likeness (QED) is 0.413. The van der Waals surface area contributed by atoms with Gasteiger partial charge in [0.15, 0.2) is 11.6 Å². The fraction of sp³-hybridized carbons (Fsp3) is 0.357. The molecule has 5 rings (SSSR count). The van der Waals surface area contributed by atoms with E-state index < -0.39 is 16.0 Å². The minimum absolute atomic E-state index is 0.0111. The van der Waals surface area contributed by atoms with Crippen LogP contribution in [0.3, 0.4) is 0 Å². The molecule has 3 aliphatic rings. The lowest BCUT2D eigenvalue weighted by Gasteiger charge is -2.43. The zero-order valence-electron chi connectivity index (χ0n) is 20.3. The number of halogens is 1. The molecule has 0 bridgehead atoms. The highest BCUT2D eigenvalue weighted by molar-refractivity contribution is 9.10. The number of hydrogen-bond donors (Lipinski definition) is 0. The summed E-state index contributed by atoms with van der Waals surface area (Å²) in [5, 5.41) is 0. The molecule has 0 atom stereocenters. The third-order valence-electron chi connectivity index (χ3n) is 7.19. The van der Waals surface area contributed by atoms with Gasteiger partial charge >= 0.3 is 10.1 Å². The first-order chi connectivity index (χ1) is 17.2. The van der Waals surface area contributed by atoms with Crippen LogP contribution >= 0.6 is 15.9 Å². The van der Waals surface area contributed by atoms with E-state index in [2.05, 4.69) is 20.8 Å². The SMILES string of the molecule is CCN1C2=C(C(=O)CCC2)C(c2cc(Br)ccc2OS(=O)(=O)c2ccc(C)cc2)C2=C1CCCC2=O. The van der Waals surface area contributed by atoms with Gasteiger partial charge in [0, 0.05) is 57.9 Å². The first-order valence-corrected chi connectivity index (χ1v) is 14.5. The van der Waals surface area contributed by atoms with Crippen molar-refractivity contribution in [3.05, 3.63) is 80.6 Å². The molecule has 0 aromatic heterocycles. The van der Waals surface area contributed by atoms with Crippen LogP contribution in [-0.2, 0) is 19.7 Å². The number of ketones is 2. The van der Waals surface area contributed by atoms with Crippen LogP contribution in [0.15, 0.2) is 74.4 Å². The van der Waals surface area contributed by atoms with Crippen LogP contribution in [0.25, 0.3) is 0 Å². The van der Waals surface area contributed by atoms with Crippen LogP contribution in [0.2, 0.25) is 0 Å². The normalized spacial score (nSPS) is 18.9. The van der Waals surface area contributed by atoms with E-state index in [4.69, 9.17) is 4.18 Å². The molecule has 2 aromatic rings. The number of hydrogen-bond acceptors (Lipinski definition) is 6. The number of Topliss-reactive ketones (excluding diaryl/α,β-unsaturated/α-hetero) is 2. The summed E-state index contributed by atoms with van der Waals surface area (Å²) < 4.78 is 32.9. The molecule has 0 unspecified atom stereocenters. The van der Waals surface area contributed by atoms with Crippen molar-refractivity contribution in [1.82, 2.24) is 4.90 Å². The summed E-state index contributed by atoms with van der Waals surface area (Å²) in [6.45, 7) is 4.59. The maximum atomic E-state index is 13.4. The molecule has 0 fully saturated rings. The summed E-state index contributed by atoms with van der Waals surface area (Å²) in [5.41, 5.74) is 4.58. The molecule has 0 amide bonds. The van der Waals surface area contributed by atoms with Crippen molar-refractivity contribution in [2.24, 2.45) is 0 Å². The van der Waals surface area contributed by atoms with Gasteiger partial charge in [0.1, 0.15) is 10.6 Å². The summed E-state index contributed by atoms with van der Waals surface area (Å²) in [7, 11) is -4.13. The molecule has 1 heterocycles. The Bertz CT molecular complexity index is 1380. The van der Waals surface area contributed by atoms with Gasteiger partial charge < -0.3 is 9.08 Å². The van der Waals surface area contributed by atoms with E-state index in [0.29, 0.717) is 40.6 Å². The fourth-order valence-electron chi connectivity index (χ4n) is 5.60. The maximum absolute atomic E-state index is 13.4. The number of rotatable bonds is 5. The summed E-state index contributed by atoms with van der Waals surface area (Å²) in [6.07, 6.45) is 3.86. The zero-order valence-corrected chi connectivity index (χ0v) is 22.7. The summed E-state index contributed by atoms with van der Waals surface area (Å²) in [4.78, 5) is 29.0. The van der Waals surface area contributed by atoms with Crippen LogP contribution in [0.1, 0.15) is 62.5 Å². The average molecular weight is 571 g/mol. The summed E-state index contributed by atoms with van der Waals surface area (Å²) >= 11 is 3.51. The van der Waals surface area contributed by atoms with Crippen LogP contribution in [0.5, 0.6) is 5.75 Å². The molecule has 1 aliphatic heterocycles. The Morgan fingerprint density at radius 2 is 1.50 bits per heavy atom. The van der Waals surface area contributed by atoms with Crippen molar-refractivity contribution in [3.8, 4) is 5.75 Å². The smallest absolute Gasteiger partial charge is 0.339 e. The molecule has 0 spiro atoms. The second-order valence-electron chi connectivity index (χ2n) is 9.48. The van der Waals surface area contributed by atoms with Gasteiger partial charge in [-0.05, 0) is 69.9 Å². The van der Waals surface area contributed by atoms with Gasteiger partial charge in [0.25, 0.3) is 0 Å². The number of carbonyl (C=O) groups excluding carboxylic acids is 2. The monoisotopic (exact) mass is 569 g/mol. The Morgan fingerprint density at radius 1 is 0.917 bits per heavy atom. The van der Waals surface area contributed by atoms with E-state index >= 15 is 0 Å². The van der Waals surface area contributed by atoms with Crippen molar-refractivity contribution in [1.29, 1.82) is 0 Å². The second kappa shape index (κ2) is 9.63. The predicted octanol–water partition coefficient (Wildman–Crippen LogP) is 5.96. The van der Waals surface area contributed by atoms with Gasteiger partial charge in [-0.1, -0.05) is 33.6 Å². The highest BCUT2D eigenvalue weighted by Crippen LogP contribution is 2.51. The Balaban J connectivity index is 1.70. The maximum Gasteiger partial charge on any atom is 0.339 e. The fourth-order valence-corrected chi connectivity index (χ4v) is 6.93. The molecule has 36 heavy (non-hydrogen) atoms. The molecule has 2 aliphatic carbocycles. The Hall–Kier alpha value is -2.71. The number of benzene rings is 2. The minimum Gasteiger partial charge on any atom is -0.379 e. The standard InChI is InChI=1S/C28H28BrNO5S/c1-3-30-21-6-4-8-23(31)27(21)26(28-22(30)7-5-9-24(28)32)20-16-18(29)12-15-25(20)35-36(33,34)19-13-10-17(2)11-14-19/h10-16,26H,3-9H2,1-2H3. The Kier molecular flexibility index (Phi) is 6.68. The lowest BCUT2D eigenvalue weighted by atomic mass is 9.71. The highest BCUT2D eigenvalue weighted by atomic mass is 79.9. The van der Waals surface area contributed by atoms with Crippen molar-refractivity contribution in [2.45, 2.75) is 63.2 Å². The molecular formula is C28H28BrNO5S. The van der Waals surface area contributed by atoms with Gasteiger partial charge in [-0.25, -0.2) is 0 Å². The third kappa shape index (κ3) is 4.34. The molecule has 2 aromatic carbocycles. The summed E-state index contributed by atoms with van der Waals surface area (Å²) in [6, 6.07) is 11.5. The first kappa shape index (κ1) is 25.0. The average Bonchev–Trinajstić information content (AvgIpc) is 2.84. The van der Waals surface area contributed by atoms with E-state index in [0.717, 1.165) is 42.6 Å². The highest BCUT2D eigenvalue weighted by Gasteiger charge is 2.44. The van der Waals surface area contributed by atoms with Gasteiger partial charge in [-0.3, -0.25) is 9.59 Å². The molecule has 0 radical (unpaired) electrons. The van der Waals surface area contributed by atoms with Crippen LogP contribution in [0.4, 0.5) is 0 Å². The van der Waals surface area contributed by atoms with Gasteiger partial charge in [0.2, 0.25) is 0 Å². The molecule has 0 saturated heterocycles. The number of carbonyl (C=O) groups is 2. The topological polar surface area (TPSA) is 80.8 Å². The Labute approximate surface area is 220 Å². The number of allylic oxidation sites excluding steroid dienone is 4. The van der Waals surface area contributed by atoms with Crippen LogP contribution in [-0.4, -0.2) is 31.4 Å². The Morgan fingerprint density at radius 3 is 2.06 bits per heavy atom. The van der Waals surface area contributed by atoms with Crippen molar-refractivity contribution >= 4 is 37.6 Å². The minimum atomic E-state index is -4.13. The van der Waals surface area contributed by atoms with Crippen LogP contribution in [0, 0.1) is 6.92 Å². The van der Waals surface area contributed by atoms with E-state index in [1.807, 2.05) is 13.8 Å².